The summed E-state index contributed by atoms with van der Waals surface area (Å²) in [5.41, 5.74) is 0.885. The summed E-state index contributed by atoms with van der Waals surface area (Å²) in [6.45, 7) is 4.17. The van der Waals surface area contributed by atoms with Crippen LogP contribution in [0.1, 0.15) is 34.6 Å². The Kier molecular flexibility index (Phi) is 4.11. The van der Waals surface area contributed by atoms with Gasteiger partial charge >= 0.3 is 0 Å². The third-order valence-corrected chi connectivity index (χ3v) is 3.60. The number of benzene rings is 1. The van der Waals surface area contributed by atoms with Gasteiger partial charge in [0, 0.05) is 6.54 Å². The number of rotatable bonds is 5. The summed E-state index contributed by atoms with van der Waals surface area (Å²) < 4.78 is 13.2. The highest BCUT2D eigenvalue weighted by Crippen LogP contribution is 2.26. The normalized spacial score (nSPS) is 16.1. The molecular formula is C13H16N2O3S. The second-order valence-electron chi connectivity index (χ2n) is 4.79. The molecule has 2 rings (SSSR count). The van der Waals surface area contributed by atoms with Crippen LogP contribution in [0, 0.1) is 5.92 Å². The maximum absolute atomic E-state index is 12.3. The molecule has 19 heavy (non-hydrogen) atoms. The molecule has 1 N–H and O–H groups in total. The fourth-order valence-electron chi connectivity index (χ4n) is 2.27. The first-order chi connectivity index (χ1) is 9.07. The molecule has 102 valence electrons. The van der Waals surface area contributed by atoms with E-state index in [1.54, 1.807) is 24.3 Å². The quantitative estimate of drug-likeness (QED) is 0.618. The number of hydrogen-bond donors (Lipinski definition) is 2. The average molecular weight is 280 g/mol. The van der Waals surface area contributed by atoms with Gasteiger partial charge < -0.3 is 0 Å². The Morgan fingerprint density at radius 1 is 1.16 bits per heavy atom. The summed E-state index contributed by atoms with van der Waals surface area (Å²) in [5, 5.41) is 0. The van der Waals surface area contributed by atoms with Crippen molar-refractivity contribution in [2.75, 3.05) is 6.54 Å². The maximum atomic E-state index is 12.3. The largest absolute Gasteiger partial charge is 0.270 e. The zero-order valence-electron chi connectivity index (χ0n) is 10.8. The van der Waals surface area contributed by atoms with E-state index in [0.717, 1.165) is 0 Å². The molecule has 1 aromatic carbocycles. The van der Waals surface area contributed by atoms with Crippen molar-refractivity contribution in [2.24, 2.45) is 5.92 Å². The zero-order valence-corrected chi connectivity index (χ0v) is 11.7. The number of fused-ring (bicyclic) bond motifs is 1. The number of carbonyl (C=O) groups excluding carboxylic acids is 2. The lowest BCUT2D eigenvalue weighted by atomic mass is 10.0. The minimum atomic E-state index is -0.311. The highest BCUT2D eigenvalue weighted by molar-refractivity contribution is 7.63. The number of nitrogens with one attached hydrogen (secondary N) is 1. The zero-order chi connectivity index (χ0) is 14.0. The Morgan fingerprint density at radius 3 is 2.11 bits per heavy atom. The predicted molar refractivity (Wildman–Crippen MR) is 73.1 cm³/mol. The highest BCUT2D eigenvalue weighted by atomic mass is 32.2. The van der Waals surface area contributed by atoms with Crippen LogP contribution in [0.5, 0.6) is 0 Å². The first-order valence-electron chi connectivity index (χ1n) is 6.10. The van der Waals surface area contributed by atoms with Gasteiger partial charge in [0.15, 0.2) is 0 Å². The van der Waals surface area contributed by atoms with Crippen LogP contribution < -0.4 is 4.72 Å². The van der Waals surface area contributed by atoms with Crippen molar-refractivity contribution in [3.63, 3.8) is 0 Å². The number of hydrogen-bond acceptors (Lipinski definition) is 3. The summed E-state index contributed by atoms with van der Waals surface area (Å²) in [6.07, 6.45) is 0. The maximum Gasteiger partial charge on any atom is 0.261 e. The van der Waals surface area contributed by atoms with E-state index in [4.69, 9.17) is 0 Å². The van der Waals surface area contributed by atoms with Gasteiger partial charge in [0.05, 0.1) is 29.0 Å². The Bertz CT molecular complexity index is 495. The highest BCUT2D eigenvalue weighted by Gasteiger charge is 2.40. The average Bonchev–Trinajstić information content (AvgIpc) is 2.64. The van der Waals surface area contributed by atoms with E-state index >= 15 is 0 Å². The summed E-state index contributed by atoms with van der Waals surface area (Å²) >= 11 is -0.202. The van der Waals surface area contributed by atoms with Crippen LogP contribution in [0.3, 0.4) is 0 Å². The summed E-state index contributed by atoms with van der Waals surface area (Å²) in [5.74, 6) is -0.469. The SMILES string of the molecule is CC(C)[C@@H](CN[SH]=O)N1C(=O)c2ccccc2C1=O. The molecule has 0 radical (unpaired) electrons. The van der Waals surface area contributed by atoms with Crippen molar-refractivity contribution in [2.45, 2.75) is 19.9 Å². The summed E-state index contributed by atoms with van der Waals surface area (Å²) in [7, 11) is 0. The predicted octanol–water partition coefficient (Wildman–Crippen LogP) is 0.757. The molecule has 1 aliphatic rings. The monoisotopic (exact) mass is 280 g/mol. The van der Waals surface area contributed by atoms with Crippen LogP contribution in [0.15, 0.2) is 24.3 Å². The van der Waals surface area contributed by atoms with Crippen molar-refractivity contribution >= 4 is 23.7 Å². The number of imide groups is 1. The van der Waals surface area contributed by atoms with E-state index in [2.05, 4.69) is 4.72 Å². The topological polar surface area (TPSA) is 66.5 Å². The number of nitrogens with zero attached hydrogens (tertiary/aromatic N) is 1. The minimum absolute atomic E-state index is 0.0801. The summed E-state index contributed by atoms with van der Waals surface area (Å²) in [6, 6.07) is 6.49. The Morgan fingerprint density at radius 2 is 1.68 bits per heavy atom. The molecule has 1 heterocycles. The van der Waals surface area contributed by atoms with Gasteiger partial charge in [0.2, 0.25) is 0 Å². The second-order valence-corrected chi connectivity index (χ2v) is 5.29. The van der Waals surface area contributed by atoms with E-state index in [9.17, 15) is 13.8 Å². The van der Waals surface area contributed by atoms with E-state index < -0.39 is 0 Å². The molecule has 0 saturated carbocycles. The molecule has 0 aliphatic carbocycles. The molecule has 1 aromatic rings. The smallest absolute Gasteiger partial charge is 0.261 e. The van der Waals surface area contributed by atoms with Crippen LogP contribution in [-0.4, -0.2) is 33.5 Å². The molecule has 0 unspecified atom stereocenters. The van der Waals surface area contributed by atoms with Gasteiger partial charge in [0.1, 0.15) is 0 Å². The lowest BCUT2D eigenvalue weighted by Crippen LogP contribution is -2.48. The molecule has 0 saturated heterocycles. The molecule has 1 aliphatic heterocycles. The first kappa shape index (κ1) is 13.9. The van der Waals surface area contributed by atoms with Gasteiger partial charge in [0.25, 0.3) is 11.8 Å². The minimum Gasteiger partial charge on any atom is -0.270 e. The van der Waals surface area contributed by atoms with E-state index in [0.29, 0.717) is 17.7 Å². The Balaban J connectivity index is 2.33. The molecule has 0 fully saturated rings. The van der Waals surface area contributed by atoms with Crippen LogP contribution >= 0.6 is 0 Å². The van der Waals surface area contributed by atoms with Crippen LogP contribution in [0.25, 0.3) is 0 Å². The lowest BCUT2D eigenvalue weighted by molar-refractivity contribution is 0.0545. The third kappa shape index (κ3) is 2.46. The Hall–Kier alpha value is -1.53. The number of thiol groups is 1. The number of amides is 2. The molecule has 5 nitrogen and oxygen atoms in total. The molecule has 0 spiro atoms. The van der Waals surface area contributed by atoms with Crippen LogP contribution in [-0.2, 0) is 11.9 Å². The van der Waals surface area contributed by atoms with Gasteiger partial charge in [-0.25, -0.2) is 8.93 Å². The van der Waals surface area contributed by atoms with Gasteiger partial charge in [-0.3, -0.25) is 14.5 Å². The van der Waals surface area contributed by atoms with Crippen LogP contribution in [0.2, 0.25) is 0 Å². The first-order valence-corrected chi connectivity index (χ1v) is 6.91. The van der Waals surface area contributed by atoms with Crippen molar-refractivity contribution < 1.29 is 13.8 Å². The van der Waals surface area contributed by atoms with Gasteiger partial charge in [-0.1, -0.05) is 26.0 Å². The van der Waals surface area contributed by atoms with Crippen molar-refractivity contribution in [1.29, 1.82) is 0 Å². The molecule has 2 amide bonds. The molecular weight excluding hydrogens is 264 g/mol. The van der Waals surface area contributed by atoms with Gasteiger partial charge in [-0.15, -0.1) is 0 Å². The lowest BCUT2D eigenvalue weighted by Gasteiger charge is -2.28. The molecule has 1 atom stereocenters. The molecule has 6 heteroatoms. The van der Waals surface area contributed by atoms with E-state index in [1.165, 1.54) is 4.90 Å². The Labute approximate surface area is 115 Å². The summed E-state index contributed by atoms with van der Waals surface area (Å²) in [4.78, 5) is 25.9. The molecule has 0 bridgehead atoms. The van der Waals surface area contributed by atoms with Crippen molar-refractivity contribution in [1.82, 2.24) is 9.62 Å². The second kappa shape index (κ2) is 5.63. The number of carbonyl (C=O) groups is 2. The standard InChI is InChI=1S/C13H16N2O3S/c1-8(2)11(7-14-19-18)15-12(16)9-5-3-4-6-10(9)13(15)17/h3-6,8,11,19H,7H2,1-2H3,(H,14,18)/t11-/m1/s1. The van der Waals surface area contributed by atoms with Gasteiger partial charge in [-0.2, -0.15) is 0 Å². The van der Waals surface area contributed by atoms with Gasteiger partial charge in [-0.05, 0) is 18.1 Å². The van der Waals surface area contributed by atoms with Crippen molar-refractivity contribution in [3.05, 3.63) is 35.4 Å². The third-order valence-electron chi connectivity index (χ3n) is 3.29. The fraction of sp³-hybridized carbons (Fsp3) is 0.385. The van der Waals surface area contributed by atoms with E-state index in [1.807, 2.05) is 13.8 Å². The molecule has 0 aromatic heterocycles. The van der Waals surface area contributed by atoms with Crippen molar-refractivity contribution in [3.8, 4) is 0 Å². The van der Waals surface area contributed by atoms with Crippen LogP contribution in [0.4, 0.5) is 0 Å². The van der Waals surface area contributed by atoms with E-state index in [-0.39, 0.29) is 35.6 Å². The fourth-order valence-corrected chi connectivity index (χ4v) is 2.53.